The van der Waals surface area contributed by atoms with Gasteiger partial charge in [0.25, 0.3) is 0 Å². The number of aromatic amines is 1. The summed E-state index contributed by atoms with van der Waals surface area (Å²) in [4.78, 5) is 16.2. The molecule has 1 atom stereocenters. The molecule has 0 unspecified atom stereocenters. The second kappa shape index (κ2) is 5.60. The number of rotatable bonds is 2. The van der Waals surface area contributed by atoms with Crippen molar-refractivity contribution in [2.45, 2.75) is 25.3 Å². The lowest BCUT2D eigenvalue weighted by Gasteiger charge is -2.36. The lowest BCUT2D eigenvalue weighted by molar-refractivity contribution is 0.465. The molecule has 1 aliphatic rings. The molecule has 120 valence electrons. The Bertz CT molecular complexity index is 970. The fraction of sp³-hybridized carbons (Fsp3) is 0.263. The number of fused-ring (bicyclic) bond motifs is 2. The van der Waals surface area contributed by atoms with E-state index in [9.17, 15) is 0 Å². The van der Waals surface area contributed by atoms with E-state index in [-0.39, 0.29) is 0 Å². The van der Waals surface area contributed by atoms with Crippen LogP contribution in [0.1, 0.15) is 31.0 Å². The summed E-state index contributed by atoms with van der Waals surface area (Å²) in [5.74, 6) is 1.07. The highest BCUT2D eigenvalue weighted by atomic mass is 32.1. The van der Waals surface area contributed by atoms with E-state index in [1.54, 1.807) is 17.7 Å². The van der Waals surface area contributed by atoms with Gasteiger partial charge in [-0.15, -0.1) is 11.3 Å². The number of piperidine rings is 1. The number of nitrogens with zero attached hydrogens (tertiary/aromatic N) is 3. The van der Waals surface area contributed by atoms with Gasteiger partial charge < -0.3 is 9.88 Å². The number of anilines is 1. The summed E-state index contributed by atoms with van der Waals surface area (Å²) in [6.07, 6.45) is 5.33. The van der Waals surface area contributed by atoms with E-state index >= 15 is 0 Å². The maximum absolute atomic E-state index is 4.64. The molecule has 0 amide bonds. The van der Waals surface area contributed by atoms with Gasteiger partial charge in [0.2, 0.25) is 0 Å². The second-order valence-electron chi connectivity index (χ2n) is 6.35. The number of hydrogen-bond acceptors (Lipinski definition) is 4. The third kappa shape index (κ3) is 2.19. The van der Waals surface area contributed by atoms with Crippen molar-refractivity contribution in [1.82, 2.24) is 15.0 Å². The topological polar surface area (TPSA) is 44.8 Å². The van der Waals surface area contributed by atoms with Crippen molar-refractivity contribution >= 4 is 38.3 Å². The zero-order chi connectivity index (χ0) is 15.9. The highest BCUT2D eigenvalue weighted by molar-refractivity contribution is 7.16. The average molecular weight is 334 g/mol. The van der Waals surface area contributed by atoms with Crippen molar-refractivity contribution in [3.63, 3.8) is 0 Å². The maximum atomic E-state index is 4.64. The Labute approximate surface area is 144 Å². The summed E-state index contributed by atoms with van der Waals surface area (Å²) in [6.45, 7) is 1.04. The van der Waals surface area contributed by atoms with Crippen molar-refractivity contribution in [2.24, 2.45) is 0 Å². The van der Waals surface area contributed by atoms with Crippen LogP contribution in [-0.2, 0) is 0 Å². The molecule has 1 aromatic carbocycles. The normalized spacial score (nSPS) is 18.5. The van der Waals surface area contributed by atoms with E-state index in [1.807, 2.05) is 0 Å². The van der Waals surface area contributed by atoms with Crippen LogP contribution < -0.4 is 4.90 Å². The standard InChI is InChI=1S/C19H18N4S/c1-2-6-15-13(5-1)11-16(22-15)17-7-3-4-9-23(17)18-14-8-10-24-19(14)21-12-20-18/h1-2,5-6,8,10-12,17,22H,3-4,7,9H2/t17-/m0/s1. The zero-order valence-electron chi connectivity index (χ0n) is 13.3. The molecule has 1 N–H and O–H groups in total. The van der Waals surface area contributed by atoms with Gasteiger partial charge in [-0.25, -0.2) is 9.97 Å². The van der Waals surface area contributed by atoms with Gasteiger partial charge in [-0.3, -0.25) is 0 Å². The van der Waals surface area contributed by atoms with E-state index in [1.165, 1.54) is 34.8 Å². The molecule has 3 aromatic heterocycles. The molecule has 1 fully saturated rings. The smallest absolute Gasteiger partial charge is 0.141 e. The van der Waals surface area contributed by atoms with Gasteiger partial charge in [-0.05, 0) is 48.2 Å². The van der Waals surface area contributed by atoms with Crippen molar-refractivity contribution in [3.8, 4) is 0 Å². The quantitative estimate of drug-likeness (QED) is 0.567. The number of para-hydroxylation sites is 1. The van der Waals surface area contributed by atoms with Gasteiger partial charge in [-0.2, -0.15) is 0 Å². The van der Waals surface area contributed by atoms with Gasteiger partial charge in [-0.1, -0.05) is 18.2 Å². The summed E-state index contributed by atoms with van der Waals surface area (Å²) in [5.41, 5.74) is 2.50. The number of H-pyrrole nitrogens is 1. The Morgan fingerprint density at radius 1 is 1.12 bits per heavy atom. The molecule has 0 bridgehead atoms. The molecule has 24 heavy (non-hydrogen) atoms. The molecule has 5 heteroatoms. The molecule has 4 heterocycles. The Morgan fingerprint density at radius 3 is 3.04 bits per heavy atom. The van der Waals surface area contributed by atoms with E-state index in [2.05, 4.69) is 61.6 Å². The van der Waals surface area contributed by atoms with Crippen LogP contribution in [0, 0.1) is 0 Å². The van der Waals surface area contributed by atoms with Crippen molar-refractivity contribution in [2.75, 3.05) is 11.4 Å². The Kier molecular flexibility index (Phi) is 3.26. The average Bonchev–Trinajstić information content (AvgIpc) is 3.28. The zero-order valence-corrected chi connectivity index (χ0v) is 14.1. The molecule has 1 saturated heterocycles. The minimum absolute atomic E-state index is 0.351. The monoisotopic (exact) mass is 334 g/mol. The lowest BCUT2D eigenvalue weighted by atomic mass is 9.99. The third-order valence-electron chi connectivity index (χ3n) is 4.93. The van der Waals surface area contributed by atoms with Gasteiger partial charge in [0.05, 0.1) is 11.4 Å². The first-order valence-electron chi connectivity index (χ1n) is 8.43. The van der Waals surface area contributed by atoms with Crippen LogP contribution in [0.25, 0.3) is 21.1 Å². The van der Waals surface area contributed by atoms with E-state index in [0.717, 1.165) is 23.6 Å². The molecular weight excluding hydrogens is 316 g/mol. The van der Waals surface area contributed by atoms with Crippen molar-refractivity contribution < 1.29 is 0 Å². The Hall–Kier alpha value is -2.40. The number of benzene rings is 1. The predicted octanol–water partition coefficient (Wildman–Crippen LogP) is 4.90. The first kappa shape index (κ1) is 14.0. The first-order valence-corrected chi connectivity index (χ1v) is 9.30. The van der Waals surface area contributed by atoms with Crippen LogP contribution in [0.2, 0.25) is 0 Å². The molecule has 0 saturated carbocycles. The number of hydrogen-bond donors (Lipinski definition) is 1. The summed E-state index contributed by atoms with van der Waals surface area (Å²) in [6, 6.07) is 13.3. The molecule has 1 aliphatic heterocycles. The summed E-state index contributed by atoms with van der Waals surface area (Å²) in [5, 5.41) is 4.55. The van der Waals surface area contributed by atoms with Crippen LogP contribution in [0.4, 0.5) is 5.82 Å². The van der Waals surface area contributed by atoms with Gasteiger partial charge in [0, 0.05) is 17.8 Å². The fourth-order valence-corrected chi connectivity index (χ4v) is 4.52. The highest BCUT2D eigenvalue weighted by Gasteiger charge is 2.27. The maximum Gasteiger partial charge on any atom is 0.141 e. The number of thiophene rings is 1. The van der Waals surface area contributed by atoms with Crippen LogP contribution >= 0.6 is 11.3 Å². The molecule has 5 rings (SSSR count). The summed E-state index contributed by atoms with van der Waals surface area (Å²) in [7, 11) is 0. The van der Waals surface area contributed by atoms with Crippen LogP contribution in [0.3, 0.4) is 0 Å². The van der Waals surface area contributed by atoms with Crippen molar-refractivity contribution in [1.29, 1.82) is 0 Å². The highest BCUT2D eigenvalue weighted by Crippen LogP contribution is 2.38. The van der Waals surface area contributed by atoms with Gasteiger partial charge in [0.1, 0.15) is 17.0 Å². The minimum Gasteiger partial charge on any atom is -0.357 e. The number of aromatic nitrogens is 3. The molecular formula is C19H18N4S. The van der Waals surface area contributed by atoms with Gasteiger partial charge >= 0.3 is 0 Å². The van der Waals surface area contributed by atoms with Crippen molar-refractivity contribution in [3.05, 3.63) is 53.8 Å². The molecule has 0 radical (unpaired) electrons. The van der Waals surface area contributed by atoms with E-state index in [0.29, 0.717) is 6.04 Å². The Balaban J connectivity index is 1.62. The molecule has 0 spiro atoms. The second-order valence-corrected chi connectivity index (χ2v) is 7.25. The predicted molar refractivity (Wildman–Crippen MR) is 99.7 cm³/mol. The lowest BCUT2D eigenvalue weighted by Crippen LogP contribution is -2.34. The molecule has 4 nitrogen and oxygen atoms in total. The number of nitrogens with one attached hydrogen (secondary N) is 1. The van der Waals surface area contributed by atoms with E-state index < -0.39 is 0 Å². The fourth-order valence-electron chi connectivity index (χ4n) is 3.79. The van der Waals surface area contributed by atoms with Crippen LogP contribution in [0.15, 0.2) is 48.1 Å². The SMILES string of the molecule is c1ccc2[nH]c([C@@H]3CCCCN3c3ncnc4sccc34)cc2c1. The largest absolute Gasteiger partial charge is 0.357 e. The van der Waals surface area contributed by atoms with Crippen LogP contribution in [-0.4, -0.2) is 21.5 Å². The molecule has 0 aliphatic carbocycles. The van der Waals surface area contributed by atoms with Gasteiger partial charge in [0.15, 0.2) is 0 Å². The van der Waals surface area contributed by atoms with Crippen LogP contribution in [0.5, 0.6) is 0 Å². The Morgan fingerprint density at radius 2 is 2.08 bits per heavy atom. The molecule has 4 aromatic rings. The summed E-state index contributed by atoms with van der Waals surface area (Å²) < 4.78 is 0. The van der Waals surface area contributed by atoms with E-state index in [4.69, 9.17) is 0 Å². The third-order valence-corrected chi connectivity index (χ3v) is 5.75. The first-order chi connectivity index (χ1) is 11.9. The summed E-state index contributed by atoms with van der Waals surface area (Å²) >= 11 is 1.68. The minimum atomic E-state index is 0.351.